The van der Waals surface area contributed by atoms with E-state index in [1.165, 1.54) is 6.20 Å². The maximum Gasteiger partial charge on any atom is 0.244 e. The molecule has 4 heterocycles. The van der Waals surface area contributed by atoms with Crippen molar-refractivity contribution in [3.05, 3.63) is 48.5 Å². The molecule has 11 heteroatoms. The SMILES string of the molecule is COc1ccc(-c2noc(CN3CCN(c4ccc(S(=O)(=O)N5CCCC5)cn4)CC3)n2)cc1. The summed E-state index contributed by atoms with van der Waals surface area (Å²) in [5, 5.41) is 4.10. The van der Waals surface area contributed by atoms with Crippen LogP contribution in [-0.4, -0.2) is 79.1 Å². The lowest BCUT2D eigenvalue weighted by Gasteiger charge is -2.34. The van der Waals surface area contributed by atoms with Crippen molar-refractivity contribution in [2.75, 3.05) is 51.3 Å². The molecule has 180 valence electrons. The van der Waals surface area contributed by atoms with Gasteiger partial charge in [0.25, 0.3) is 0 Å². The molecule has 10 nitrogen and oxygen atoms in total. The Hall–Kier alpha value is -3.02. The second-order valence-corrected chi connectivity index (χ2v) is 10.4. The van der Waals surface area contributed by atoms with Crippen LogP contribution in [0.5, 0.6) is 5.75 Å². The lowest BCUT2D eigenvalue weighted by molar-refractivity contribution is 0.215. The van der Waals surface area contributed by atoms with Crippen molar-refractivity contribution in [3.8, 4) is 17.1 Å². The first kappa shape index (κ1) is 22.8. The van der Waals surface area contributed by atoms with E-state index in [4.69, 9.17) is 9.26 Å². The first-order valence-corrected chi connectivity index (χ1v) is 12.9. The standard InChI is InChI=1S/C23H28N6O4S/c1-32-19-6-4-18(5-7-19)23-25-22(33-26-23)17-27-12-14-28(15-13-27)21-9-8-20(16-24-21)34(30,31)29-10-2-3-11-29/h4-9,16H,2-3,10-15,17H2,1H3. The second-order valence-electron chi connectivity index (χ2n) is 8.47. The van der Waals surface area contributed by atoms with E-state index in [2.05, 4.69) is 24.9 Å². The molecule has 0 unspecified atom stereocenters. The molecular formula is C23H28N6O4S. The molecule has 0 saturated carbocycles. The zero-order chi connectivity index (χ0) is 23.5. The number of hydrogen-bond donors (Lipinski definition) is 0. The number of sulfonamides is 1. The van der Waals surface area contributed by atoms with Gasteiger partial charge in [0, 0.05) is 51.0 Å². The quantitative estimate of drug-likeness (QED) is 0.499. The molecule has 2 aliphatic heterocycles. The Labute approximate surface area is 199 Å². The van der Waals surface area contributed by atoms with Crippen LogP contribution in [0.2, 0.25) is 0 Å². The van der Waals surface area contributed by atoms with E-state index < -0.39 is 10.0 Å². The van der Waals surface area contributed by atoms with Gasteiger partial charge in [-0.2, -0.15) is 9.29 Å². The molecule has 0 radical (unpaired) electrons. The summed E-state index contributed by atoms with van der Waals surface area (Å²) < 4.78 is 37.6. The third-order valence-electron chi connectivity index (χ3n) is 6.29. The van der Waals surface area contributed by atoms with Gasteiger partial charge in [-0.05, 0) is 49.2 Å². The summed E-state index contributed by atoms with van der Waals surface area (Å²) in [6.45, 7) is 4.96. The molecule has 0 amide bonds. The van der Waals surface area contributed by atoms with Crippen LogP contribution in [0.25, 0.3) is 11.4 Å². The van der Waals surface area contributed by atoms with E-state index in [1.54, 1.807) is 23.5 Å². The molecule has 34 heavy (non-hydrogen) atoms. The van der Waals surface area contributed by atoms with Crippen molar-refractivity contribution in [3.63, 3.8) is 0 Å². The number of anilines is 1. The number of pyridine rings is 1. The summed E-state index contributed by atoms with van der Waals surface area (Å²) in [5.41, 5.74) is 0.877. The largest absolute Gasteiger partial charge is 0.497 e. The molecule has 0 aliphatic carbocycles. The van der Waals surface area contributed by atoms with Crippen molar-refractivity contribution in [1.82, 2.24) is 24.3 Å². The highest BCUT2D eigenvalue weighted by molar-refractivity contribution is 7.89. The minimum absolute atomic E-state index is 0.265. The van der Waals surface area contributed by atoms with Gasteiger partial charge < -0.3 is 14.2 Å². The zero-order valence-corrected chi connectivity index (χ0v) is 19.9. The summed E-state index contributed by atoms with van der Waals surface area (Å²) in [7, 11) is -1.81. The number of benzene rings is 1. The summed E-state index contributed by atoms with van der Waals surface area (Å²) in [4.78, 5) is 13.7. The van der Waals surface area contributed by atoms with Gasteiger partial charge in [0.05, 0.1) is 13.7 Å². The zero-order valence-electron chi connectivity index (χ0n) is 19.1. The van der Waals surface area contributed by atoms with Crippen LogP contribution in [0, 0.1) is 0 Å². The van der Waals surface area contributed by atoms with Crippen molar-refractivity contribution in [2.45, 2.75) is 24.3 Å². The van der Waals surface area contributed by atoms with Crippen molar-refractivity contribution < 1.29 is 17.7 Å². The van der Waals surface area contributed by atoms with Crippen molar-refractivity contribution in [2.24, 2.45) is 0 Å². The highest BCUT2D eigenvalue weighted by atomic mass is 32.2. The molecule has 2 aliphatic rings. The van der Waals surface area contributed by atoms with E-state index in [0.29, 0.717) is 31.3 Å². The average Bonchev–Trinajstić information content (AvgIpc) is 3.58. The Kier molecular flexibility index (Phi) is 6.48. The molecule has 0 bridgehead atoms. The second kappa shape index (κ2) is 9.69. The van der Waals surface area contributed by atoms with Crippen LogP contribution in [0.1, 0.15) is 18.7 Å². The van der Waals surface area contributed by atoms with Gasteiger partial charge in [0.1, 0.15) is 16.5 Å². The number of ether oxygens (including phenoxy) is 1. The molecule has 5 rings (SSSR count). The van der Waals surface area contributed by atoms with Gasteiger partial charge in [-0.25, -0.2) is 13.4 Å². The number of aromatic nitrogens is 3. The molecule has 2 fully saturated rings. The Bertz CT molecular complexity index is 1200. The van der Waals surface area contributed by atoms with Gasteiger partial charge in [0.15, 0.2) is 0 Å². The Morgan fingerprint density at radius 1 is 0.971 bits per heavy atom. The summed E-state index contributed by atoms with van der Waals surface area (Å²) in [6.07, 6.45) is 3.32. The van der Waals surface area contributed by atoms with E-state index in [-0.39, 0.29) is 4.90 Å². The minimum Gasteiger partial charge on any atom is -0.497 e. The molecule has 0 atom stereocenters. The van der Waals surface area contributed by atoms with Crippen molar-refractivity contribution in [1.29, 1.82) is 0 Å². The first-order valence-electron chi connectivity index (χ1n) is 11.4. The van der Waals surface area contributed by atoms with Gasteiger partial charge in [0.2, 0.25) is 21.7 Å². The molecule has 0 N–H and O–H groups in total. The smallest absolute Gasteiger partial charge is 0.244 e. The van der Waals surface area contributed by atoms with Crippen LogP contribution >= 0.6 is 0 Å². The van der Waals surface area contributed by atoms with Crippen LogP contribution < -0.4 is 9.64 Å². The highest BCUT2D eigenvalue weighted by Crippen LogP contribution is 2.23. The predicted octanol–water partition coefficient (Wildman–Crippen LogP) is 2.25. The number of hydrogen-bond acceptors (Lipinski definition) is 9. The Morgan fingerprint density at radius 2 is 1.71 bits per heavy atom. The van der Waals surface area contributed by atoms with Crippen LogP contribution in [-0.2, 0) is 16.6 Å². The fourth-order valence-corrected chi connectivity index (χ4v) is 5.76. The molecule has 0 spiro atoms. The summed E-state index contributed by atoms with van der Waals surface area (Å²) in [6, 6.07) is 11.0. The Balaban J connectivity index is 1.16. The van der Waals surface area contributed by atoms with E-state index in [0.717, 1.165) is 56.2 Å². The molecule has 1 aromatic carbocycles. The Morgan fingerprint density at radius 3 is 2.35 bits per heavy atom. The van der Waals surface area contributed by atoms with Gasteiger partial charge in [-0.3, -0.25) is 4.90 Å². The van der Waals surface area contributed by atoms with Crippen LogP contribution in [0.4, 0.5) is 5.82 Å². The number of methoxy groups -OCH3 is 1. The highest BCUT2D eigenvalue weighted by Gasteiger charge is 2.28. The molecule has 2 saturated heterocycles. The van der Waals surface area contributed by atoms with Gasteiger partial charge in [-0.15, -0.1) is 0 Å². The molecule has 3 aromatic rings. The monoisotopic (exact) mass is 484 g/mol. The minimum atomic E-state index is -3.44. The number of piperazine rings is 1. The third kappa shape index (κ3) is 4.77. The van der Waals surface area contributed by atoms with E-state index in [1.807, 2.05) is 24.3 Å². The lowest BCUT2D eigenvalue weighted by atomic mass is 10.2. The number of rotatable bonds is 7. The first-order chi connectivity index (χ1) is 16.5. The predicted molar refractivity (Wildman–Crippen MR) is 126 cm³/mol. The maximum atomic E-state index is 12.7. The van der Waals surface area contributed by atoms with Gasteiger partial charge in [-0.1, -0.05) is 5.16 Å². The van der Waals surface area contributed by atoms with E-state index >= 15 is 0 Å². The molecular weight excluding hydrogens is 456 g/mol. The van der Waals surface area contributed by atoms with Crippen LogP contribution in [0.15, 0.2) is 52.0 Å². The van der Waals surface area contributed by atoms with E-state index in [9.17, 15) is 8.42 Å². The summed E-state index contributed by atoms with van der Waals surface area (Å²) in [5.74, 6) is 2.71. The topological polar surface area (TPSA) is 105 Å². The maximum absolute atomic E-state index is 12.7. The van der Waals surface area contributed by atoms with Crippen molar-refractivity contribution >= 4 is 15.8 Å². The molecule has 2 aromatic heterocycles. The lowest BCUT2D eigenvalue weighted by Crippen LogP contribution is -2.46. The fraction of sp³-hybridized carbons (Fsp3) is 0.435. The number of nitrogens with zero attached hydrogens (tertiary/aromatic N) is 6. The fourth-order valence-electron chi connectivity index (χ4n) is 4.29. The van der Waals surface area contributed by atoms with Gasteiger partial charge >= 0.3 is 0 Å². The summed E-state index contributed by atoms with van der Waals surface area (Å²) >= 11 is 0. The normalized spacial score (nSPS) is 17.9. The van der Waals surface area contributed by atoms with Crippen LogP contribution in [0.3, 0.4) is 0 Å². The average molecular weight is 485 g/mol. The third-order valence-corrected chi connectivity index (χ3v) is 8.18.